The molecular weight excluding hydrogens is 380 g/mol. The first kappa shape index (κ1) is 21.7. The lowest BCUT2D eigenvalue weighted by Crippen LogP contribution is -2.44. The molecule has 2 aromatic rings. The normalized spacial score (nSPS) is 11.6. The number of unbranched alkanes of at least 4 members (excludes halogenated alkanes) is 1. The number of phenols is 4. The van der Waals surface area contributed by atoms with Gasteiger partial charge in [-0.1, -0.05) is 12.1 Å². The first-order valence-electron chi connectivity index (χ1n) is 8.89. The van der Waals surface area contributed by atoms with E-state index >= 15 is 0 Å². The number of amides is 1. The van der Waals surface area contributed by atoms with Gasteiger partial charge in [-0.15, -0.1) is 0 Å². The van der Waals surface area contributed by atoms with Crippen LogP contribution in [0.4, 0.5) is 0 Å². The molecule has 0 heterocycles. The lowest BCUT2D eigenvalue weighted by molar-refractivity contribution is -0.117. The summed E-state index contributed by atoms with van der Waals surface area (Å²) in [6, 6.07) is 6.13. The number of aromatic hydroxyl groups is 4. The minimum absolute atomic E-state index is 0.0899. The number of phenolic OH excluding ortho intramolecular Hbond substituents is 4. The number of rotatable bonds is 9. The maximum atomic E-state index is 12.7. The van der Waals surface area contributed by atoms with E-state index < -0.39 is 52.1 Å². The average Bonchev–Trinajstić information content (AvgIpc) is 2.70. The van der Waals surface area contributed by atoms with Crippen molar-refractivity contribution in [3.8, 4) is 23.0 Å². The zero-order chi connectivity index (χ0) is 21.6. The monoisotopic (exact) mass is 402 g/mol. The molecule has 0 bridgehead atoms. The maximum absolute atomic E-state index is 12.7. The van der Waals surface area contributed by atoms with Gasteiger partial charge >= 0.3 is 0 Å². The molecule has 1 atom stereocenters. The minimum Gasteiger partial charge on any atom is -0.504 e. The SMILES string of the molecule is NCCCC[C@H](NC(=O)c1cccc(O)c1O)C(=O)C(=O)c1cccc(O)c1O. The lowest BCUT2D eigenvalue weighted by Gasteiger charge is -2.18. The van der Waals surface area contributed by atoms with Crippen molar-refractivity contribution in [2.24, 2.45) is 5.73 Å². The molecule has 0 aliphatic carbocycles. The van der Waals surface area contributed by atoms with Crippen LogP contribution in [0.15, 0.2) is 36.4 Å². The van der Waals surface area contributed by atoms with Gasteiger partial charge in [-0.2, -0.15) is 0 Å². The van der Waals surface area contributed by atoms with E-state index in [0.717, 1.165) is 6.07 Å². The van der Waals surface area contributed by atoms with Crippen molar-refractivity contribution in [1.29, 1.82) is 0 Å². The molecular formula is C20H22N2O7. The Bertz CT molecular complexity index is 927. The molecule has 0 saturated heterocycles. The van der Waals surface area contributed by atoms with Crippen LogP contribution in [0.1, 0.15) is 40.0 Å². The van der Waals surface area contributed by atoms with Crippen molar-refractivity contribution in [2.45, 2.75) is 25.3 Å². The van der Waals surface area contributed by atoms with E-state index in [1.807, 2.05) is 0 Å². The molecule has 0 spiro atoms. The maximum Gasteiger partial charge on any atom is 0.255 e. The van der Waals surface area contributed by atoms with Gasteiger partial charge in [0.25, 0.3) is 5.91 Å². The molecule has 0 saturated carbocycles. The molecule has 9 nitrogen and oxygen atoms in total. The third kappa shape index (κ3) is 5.02. The standard InChI is InChI=1S/C20H22N2O7/c21-10-2-1-7-13(22-20(29)12-6-4-9-15(24)17(12)26)19(28)18(27)11-5-3-8-14(23)16(11)25/h3-6,8-9,13,23-26H,1-2,7,10,21H2,(H,22,29)/t13-/m0/s1. The number of hydrogen-bond donors (Lipinski definition) is 6. The largest absolute Gasteiger partial charge is 0.504 e. The summed E-state index contributed by atoms with van der Waals surface area (Å²) in [6.07, 6.45) is 1.06. The summed E-state index contributed by atoms with van der Waals surface area (Å²) in [6.45, 7) is 0.351. The Labute approximate surface area is 166 Å². The highest BCUT2D eigenvalue weighted by atomic mass is 16.3. The molecule has 0 unspecified atom stereocenters. The number of carbonyl (C=O) groups excluding carboxylic acids is 3. The fourth-order valence-corrected chi connectivity index (χ4v) is 2.72. The van der Waals surface area contributed by atoms with Gasteiger partial charge in [0.1, 0.15) is 0 Å². The van der Waals surface area contributed by atoms with Gasteiger partial charge in [-0.05, 0) is 50.1 Å². The van der Waals surface area contributed by atoms with E-state index in [2.05, 4.69) is 5.32 Å². The second-order valence-electron chi connectivity index (χ2n) is 6.35. The number of Topliss-reactive ketones (excluding diaryl/α,β-unsaturated/α-hetero) is 2. The van der Waals surface area contributed by atoms with Crippen LogP contribution in [-0.2, 0) is 4.79 Å². The number of benzene rings is 2. The molecule has 0 aliphatic rings. The van der Waals surface area contributed by atoms with Crippen LogP contribution in [0.2, 0.25) is 0 Å². The van der Waals surface area contributed by atoms with Crippen LogP contribution in [0.5, 0.6) is 23.0 Å². The Morgan fingerprint density at radius 1 is 0.862 bits per heavy atom. The number of para-hydroxylation sites is 2. The summed E-state index contributed by atoms with van der Waals surface area (Å²) < 4.78 is 0. The highest BCUT2D eigenvalue weighted by Crippen LogP contribution is 2.30. The number of hydrogen-bond acceptors (Lipinski definition) is 8. The molecule has 0 fully saturated rings. The molecule has 9 heteroatoms. The van der Waals surface area contributed by atoms with Crippen LogP contribution in [0.3, 0.4) is 0 Å². The van der Waals surface area contributed by atoms with E-state index in [4.69, 9.17) is 5.73 Å². The van der Waals surface area contributed by atoms with Gasteiger partial charge in [0.05, 0.1) is 17.2 Å². The minimum atomic E-state index is -1.26. The van der Waals surface area contributed by atoms with Gasteiger partial charge in [0.15, 0.2) is 23.0 Å². The molecule has 0 radical (unpaired) electrons. The Kier molecular flexibility index (Phi) is 7.15. The van der Waals surface area contributed by atoms with E-state index in [1.54, 1.807) is 0 Å². The predicted molar refractivity (Wildman–Crippen MR) is 103 cm³/mol. The third-order valence-corrected chi connectivity index (χ3v) is 4.31. The van der Waals surface area contributed by atoms with Crippen molar-refractivity contribution in [2.75, 3.05) is 6.54 Å². The van der Waals surface area contributed by atoms with Crippen molar-refractivity contribution in [3.05, 3.63) is 47.5 Å². The van der Waals surface area contributed by atoms with E-state index in [1.165, 1.54) is 30.3 Å². The first-order valence-corrected chi connectivity index (χ1v) is 8.89. The molecule has 2 rings (SSSR count). The topological polar surface area (TPSA) is 170 Å². The first-order chi connectivity index (χ1) is 13.8. The van der Waals surface area contributed by atoms with Crippen LogP contribution < -0.4 is 11.1 Å². The second-order valence-corrected chi connectivity index (χ2v) is 6.35. The summed E-state index contributed by atoms with van der Waals surface area (Å²) in [7, 11) is 0. The van der Waals surface area contributed by atoms with Gasteiger partial charge in [0.2, 0.25) is 11.6 Å². The summed E-state index contributed by atoms with van der Waals surface area (Å²) in [4.78, 5) is 37.8. The fraction of sp³-hybridized carbons (Fsp3) is 0.250. The van der Waals surface area contributed by atoms with Crippen LogP contribution in [0.25, 0.3) is 0 Å². The van der Waals surface area contributed by atoms with Gasteiger partial charge < -0.3 is 31.5 Å². The van der Waals surface area contributed by atoms with E-state index in [9.17, 15) is 34.8 Å². The third-order valence-electron chi connectivity index (χ3n) is 4.31. The van der Waals surface area contributed by atoms with Crippen molar-refractivity contribution in [1.82, 2.24) is 5.32 Å². The van der Waals surface area contributed by atoms with Gasteiger partial charge in [-0.25, -0.2) is 0 Å². The predicted octanol–water partition coefficient (Wildman–Crippen LogP) is 1.19. The summed E-state index contributed by atoms with van der Waals surface area (Å²) >= 11 is 0. The van der Waals surface area contributed by atoms with Crippen molar-refractivity contribution < 1.29 is 34.8 Å². The summed E-state index contributed by atoms with van der Waals surface area (Å²) in [5, 5.41) is 41.2. The average molecular weight is 402 g/mol. The fourth-order valence-electron chi connectivity index (χ4n) is 2.72. The van der Waals surface area contributed by atoms with Gasteiger partial charge in [0, 0.05) is 0 Å². The number of nitrogens with one attached hydrogen (secondary N) is 1. The second kappa shape index (κ2) is 9.56. The van der Waals surface area contributed by atoms with Crippen molar-refractivity contribution >= 4 is 17.5 Å². The van der Waals surface area contributed by atoms with Crippen LogP contribution >= 0.6 is 0 Å². The Hall–Kier alpha value is -3.59. The Morgan fingerprint density at radius 2 is 1.41 bits per heavy atom. The van der Waals surface area contributed by atoms with Crippen LogP contribution in [-0.4, -0.2) is 50.5 Å². The number of ketones is 2. The zero-order valence-electron chi connectivity index (χ0n) is 15.5. The van der Waals surface area contributed by atoms with Crippen molar-refractivity contribution in [3.63, 3.8) is 0 Å². The number of nitrogens with two attached hydrogens (primary N) is 1. The Balaban J connectivity index is 2.27. The quantitative estimate of drug-likeness (QED) is 0.157. The van der Waals surface area contributed by atoms with E-state index in [0.29, 0.717) is 19.4 Å². The number of carbonyl (C=O) groups is 3. The molecule has 154 valence electrons. The lowest BCUT2D eigenvalue weighted by atomic mass is 9.97. The summed E-state index contributed by atoms with van der Waals surface area (Å²) in [5.74, 6) is -5.41. The van der Waals surface area contributed by atoms with Gasteiger partial charge in [-0.3, -0.25) is 14.4 Å². The molecule has 7 N–H and O–H groups in total. The molecule has 29 heavy (non-hydrogen) atoms. The molecule has 2 aromatic carbocycles. The molecule has 0 aliphatic heterocycles. The highest BCUT2D eigenvalue weighted by molar-refractivity contribution is 6.46. The van der Waals surface area contributed by atoms with Crippen LogP contribution in [0, 0.1) is 0 Å². The highest BCUT2D eigenvalue weighted by Gasteiger charge is 2.30. The molecule has 0 aromatic heterocycles. The Morgan fingerprint density at radius 3 is 2.00 bits per heavy atom. The molecule has 1 amide bonds. The summed E-state index contributed by atoms with van der Waals surface area (Å²) in [5.41, 5.74) is 4.78. The zero-order valence-corrected chi connectivity index (χ0v) is 15.5. The smallest absolute Gasteiger partial charge is 0.255 e. The van der Waals surface area contributed by atoms with E-state index in [-0.39, 0.29) is 12.0 Å².